The fraction of sp³-hybridized carbons (Fsp3) is 0.138. The second-order valence-corrected chi connectivity index (χ2v) is 12.3. The molecule has 0 unspecified atom stereocenters. The Morgan fingerprint density at radius 1 is 0.949 bits per heavy atom. The zero-order chi connectivity index (χ0) is 28.0. The van der Waals surface area contributed by atoms with Crippen molar-refractivity contribution >= 4 is 62.3 Å². The summed E-state index contributed by atoms with van der Waals surface area (Å²) in [6.45, 7) is 1.41. The molecule has 0 saturated heterocycles. The smallest absolute Gasteiger partial charge is 0.264 e. The molecule has 1 amide bonds. The lowest BCUT2D eigenvalue weighted by molar-refractivity contribution is -0.114. The summed E-state index contributed by atoms with van der Waals surface area (Å²) < 4.78 is 33.7. The lowest BCUT2D eigenvalue weighted by Crippen LogP contribution is -2.38. The predicted molar refractivity (Wildman–Crippen MR) is 160 cm³/mol. The number of amides is 1. The van der Waals surface area contributed by atoms with E-state index in [-0.39, 0.29) is 15.6 Å². The molecule has 4 rings (SSSR count). The number of hydrogen-bond donors (Lipinski definition) is 1. The normalized spacial score (nSPS) is 11.2. The van der Waals surface area contributed by atoms with Gasteiger partial charge in [0.15, 0.2) is 0 Å². The zero-order valence-corrected chi connectivity index (χ0v) is 24.4. The molecule has 0 fully saturated rings. The van der Waals surface area contributed by atoms with Crippen molar-refractivity contribution in [3.8, 4) is 5.75 Å². The number of aryl methyl sites for hydroxylation is 1. The molecule has 1 N–H and O–H groups in total. The summed E-state index contributed by atoms with van der Waals surface area (Å²) in [6, 6.07) is 26.0. The van der Waals surface area contributed by atoms with E-state index in [0.29, 0.717) is 22.2 Å². The molecule has 0 bridgehead atoms. The van der Waals surface area contributed by atoms with E-state index < -0.39 is 22.5 Å². The quantitative estimate of drug-likeness (QED) is 0.191. The summed E-state index contributed by atoms with van der Waals surface area (Å²) in [5, 5.41) is 3.77. The Bertz CT molecular complexity index is 1560. The Morgan fingerprint density at radius 3 is 2.31 bits per heavy atom. The first kappa shape index (κ1) is 28.8. The van der Waals surface area contributed by atoms with Gasteiger partial charge in [0.25, 0.3) is 10.0 Å². The molecule has 4 aromatic rings. The van der Waals surface area contributed by atoms with Gasteiger partial charge in [-0.1, -0.05) is 65.2 Å². The van der Waals surface area contributed by atoms with E-state index in [2.05, 4.69) is 5.32 Å². The van der Waals surface area contributed by atoms with Crippen molar-refractivity contribution in [3.05, 3.63) is 112 Å². The van der Waals surface area contributed by atoms with Crippen LogP contribution in [0.3, 0.4) is 0 Å². The molecule has 0 heterocycles. The van der Waals surface area contributed by atoms with Gasteiger partial charge < -0.3 is 10.1 Å². The minimum absolute atomic E-state index is 0.0618. The number of halogens is 2. The van der Waals surface area contributed by atoms with Crippen LogP contribution in [0.1, 0.15) is 11.1 Å². The van der Waals surface area contributed by atoms with Crippen molar-refractivity contribution in [1.29, 1.82) is 0 Å². The number of nitrogens with zero attached hydrogens (tertiary/aromatic N) is 1. The highest BCUT2D eigenvalue weighted by molar-refractivity contribution is 7.98. The third-order valence-corrected chi connectivity index (χ3v) is 9.27. The van der Waals surface area contributed by atoms with Crippen molar-refractivity contribution < 1.29 is 17.9 Å². The van der Waals surface area contributed by atoms with Crippen LogP contribution in [0.25, 0.3) is 0 Å². The number of thioether (sulfide) groups is 1. The van der Waals surface area contributed by atoms with Crippen molar-refractivity contribution in [2.24, 2.45) is 0 Å². The minimum Gasteiger partial charge on any atom is -0.495 e. The number of para-hydroxylation sites is 1. The number of nitrogens with one attached hydrogen (secondary N) is 1. The summed E-state index contributed by atoms with van der Waals surface area (Å²) in [7, 11) is -2.63. The molecule has 0 aliphatic carbocycles. The number of anilines is 2. The largest absolute Gasteiger partial charge is 0.495 e. The van der Waals surface area contributed by atoms with Crippen LogP contribution in [-0.4, -0.2) is 28.0 Å². The standard InChI is InChI=1S/C29H26Cl2N2O4S2/c1-20-7-14-24(15-8-20)39(35,36)33(23-13-16-27(37-2)25(31)17-23)18-29(34)32-26-5-3-4-6-28(26)38-19-21-9-11-22(30)12-10-21/h3-17H,18-19H2,1-2H3,(H,32,34). The molecule has 202 valence electrons. The molecule has 0 aromatic heterocycles. The average Bonchev–Trinajstić information content (AvgIpc) is 2.92. The SMILES string of the molecule is COc1ccc(N(CC(=O)Nc2ccccc2SCc2ccc(Cl)cc2)S(=O)(=O)c2ccc(C)cc2)cc1Cl. The number of hydrogen-bond acceptors (Lipinski definition) is 5. The van der Waals surface area contributed by atoms with Gasteiger partial charge in [-0.25, -0.2) is 8.42 Å². The fourth-order valence-electron chi connectivity index (χ4n) is 3.72. The van der Waals surface area contributed by atoms with Gasteiger partial charge >= 0.3 is 0 Å². The Hall–Kier alpha value is -3.17. The summed E-state index contributed by atoms with van der Waals surface area (Å²) in [6.07, 6.45) is 0. The topological polar surface area (TPSA) is 75.7 Å². The number of methoxy groups -OCH3 is 1. The second kappa shape index (κ2) is 12.8. The van der Waals surface area contributed by atoms with Crippen LogP contribution in [0.15, 0.2) is 101 Å². The molecule has 0 saturated carbocycles. The first-order chi connectivity index (χ1) is 18.7. The molecule has 0 aliphatic rings. The number of carbonyl (C=O) groups is 1. The van der Waals surface area contributed by atoms with Gasteiger partial charge in [-0.2, -0.15) is 0 Å². The highest BCUT2D eigenvalue weighted by Crippen LogP contribution is 2.33. The van der Waals surface area contributed by atoms with Crippen molar-refractivity contribution in [1.82, 2.24) is 0 Å². The van der Waals surface area contributed by atoms with Crippen molar-refractivity contribution in [2.75, 3.05) is 23.3 Å². The van der Waals surface area contributed by atoms with E-state index in [9.17, 15) is 13.2 Å². The maximum Gasteiger partial charge on any atom is 0.264 e. The first-order valence-electron chi connectivity index (χ1n) is 11.9. The fourth-order valence-corrected chi connectivity index (χ4v) is 6.48. The van der Waals surface area contributed by atoms with E-state index in [4.69, 9.17) is 27.9 Å². The first-order valence-corrected chi connectivity index (χ1v) is 15.0. The predicted octanol–water partition coefficient (Wildman–Crippen LogP) is 7.44. The molecule has 6 nitrogen and oxygen atoms in total. The Balaban J connectivity index is 1.59. The van der Waals surface area contributed by atoms with Gasteiger partial charge in [-0.05, 0) is 67.1 Å². The molecule has 0 atom stereocenters. The molecular formula is C29H26Cl2N2O4S2. The third kappa shape index (κ3) is 7.28. The Kier molecular flexibility index (Phi) is 9.45. The van der Waals surface area contributed by atoms with Crippen LogP contribution >= 0.6 is 35.0 Å². The van der Waals surface area contributed by atoms with Crippen molar-refractivity contribution in [2.45, 2.75) is 22.5 Å². The molecule has 0 radical (unpaired) electrons. The summed E-state index contributed by atoms with van der Waals surface area (Å²) >= 11 is 13.9. The Labute approximate surface area is 243 Å². The lowest BCUT2D eigenvalue weighted by Gasteiger charge is -2.25. The minimum atomic E-state index is -4.10. The summed E-state index contributed by atoms with van der Waals surface area (Å²) in [5.41, 5.74) is 2.82. The third-order valence-electron chi connectivity index (χ3n) is 5.79. The monoisotopic (exact) mass is 600 g/mol. The van der Waals surface area contributed by atoms with Crippen molar-refractivity contribution in [3.63, 3.8) is 0 Å². The van der Waals surface area contributed by atoms with Crippen LogP contribution < -0.4 is 14.4 Å². The highest BCUT2D eigenvalue weighted by atomic mass is 35.5. The van der Waals surface area contributed by atoms with Crippen LogP contribution in [-0.2, 0) is 20.6 Å². The number of sulfonamides is 1. The van der Waals surface area contributed by atoms with E-state index in [1.807, 2.05) is 49.4 Å². The van der Waals surface area contributed by atoms with Gasteiger partial charge in [0.1, 0.15) is 12.3 Å². The second-order valence-electron chi connectivity index (χ2n) is 8.60. The zero-order valence-electron chi connectivity index (χ0n) is 21.2. The van der Waals surface area contributed by atoms with E-state index in [1.54, 1.807) is 42.1 Å². The lowest BCUT2D eigenvalue weighted by atomic mass is 10.2. The van der Waals surface area contributed by atoms with E-state index in [0.717, 1.165) is 20.3 Å². The Morgan fingerprint density at radius 2 is 1.64 bits per heavy atom. The number of carbonyl (C=O) groups excluding carboxylic acids is 1. The number of ether oxygens (including phenoxy) is 1. The number of rotatable bonds is 10. The van der Waals surface area contributed by atoms with Crippen LogP contribution in [0.2, 0.25) is 10.0 Å². The maximum absolute atomic E-state index is 13.7. The van der Waals surface area contributed by atoms with E-state index >= 15 is 0 Å². The van der Waals surface area contributed by atoms with Crippen LogP contribution in [0, 0.1) is 6.92 Å². The number of benzene rings is 4. The summed E-state index contributed by atoms with van der Waals surface area (Å²) in [5.74, 6) is 0.559. The molecule has 4 aromatic carbocycles. The van der Waals surface area contributed by atoms with Gasteiger partial charge in [0, 0.05) is 15.7 Å². The van der Waals surface area contributed by atoms with E-state index in [1.165, 1.54) is 25.3 Å². The van der Waals surface area contributed by atoms with Gasteiger partial charge in [-0.15, -0.1) is 11.8 Å². The maximum atomic E-state index is 13.7. The molecule has 10 heteroatoms. The van der Waals surface area contributed by atoms with Crippen LogP contribution in [0.4, 0.5) is 11.4 Å². The van der Waals surface area contributed by atoms with Gasteiger partial charge in [0.05, 0.1) is 28.4 Å². The highest BCUT2D eigenvalue weighted by Gasteiger charge is 2.28. The average molecular weight is 602 g/mol. The molecule has 0 aliphatic heterocycles. The molecular weight excluding hydrogens is 575 g/mol. The summed E-state index contributed by atoms with van der Waals surface area (Å²) in [4.78, 5) is 14.2. The van der Waals surface area contributed by atoms with Gasteiger partial charge in [-0.3, -0.25) is 9.10 Å². The molecule has 39 heavy (non-hydrogen) atoms. The van der Waals surface area contributed by atoms with Gasteiger partial charge in [0.2, 0.25) is 5.91 Å². The molecule has 0 spiro atoms. The van der Waals surface area contributed by atoms with Crippen LogP contribution in [0.5, 0.6) is 5.75 Å².